The number of rotatable bonds is 7. The first-order valence-corrected chi connectivity index (χ1v) is 13.9. The number of nitriles is 1. The molecule has 0 radical (unpaired) electrons. The van der Waals surface area contributed by atoms with E-state index >= 15 is 0 Å². The van der Waals surface area contributed by atoms with Gasteiger partial charge in [-0.05, 0) is 66.0 Å². The number of nitrogens with one attached hydrogen (secondary N) is 4. The van der Waals surface area contributed by atoms with E-state index in [1.807, 2.05) is 12.1 Å². The highest BCUT2D eigenvalue weighted by molar-refractivity contribution is 14.1. The number of hydrogen-bond acceptors (Lipinski definition) is 8. The van der Waals surface area contributed by atoms with Crippen LogP contribution >= 0.6 is 34.2 Å². The Morgan fingerprint density at radius 3 is 2.74 bits per heavy atom. The average molecular weight is 647 g/mol. The molecule has 1 aromatic carbocycles. The molecule has 11 heteroatoms. The summed E-state index contributed by atoms with van der Waals surface area (Å²) in [6, 6.07) is 9.22. The van der Waals surface area contributed by atoms with Crippen molar-refractivity contribution in [1.82, 2.24) is 25.9 Å². The summed E-state index contributed by atoms with van der Waals surface area (Å²) in [6.45, 7) is 8.84. The third-order valence-corrected chi connectivity index (χ3v) is 7.89. The standard InChI is InChI=1S/C27H29ClFIN8/c1-14-18(7-8-21(29)34-14)24(25-26(30)38(37-36-25)17-5-6-17)35-16-9-19-22(33-13-27(2,3)4)15(11-31)12-32-23(19)20(28)10-16/h7-10,12,17,24,35-37H,5-6,13H2,1-4H3,(H,32,33)/t24-/m0/s1. The van der Waals surface area contributed by atoms with Crippen LogP contribution in [-0.2, 0) is 0 Å². The summed E-state index contributed by atoms with van der Waals surface area (Å²) in [5.74, 6) is -0.524. The molecule has 5 rings (SSSR count). The topological polar surface area (TPSA) is 101 Å². The highest BCUT2D eigenvalue weighted by atomic mass is 127. The summed E-state index contributed by atoms with van der Waals surface area (Å²) in [4.78, 5) is 8.55. The zero-order chi connectivity index (χ0) is 27.2. The minimum absolute atomic E-state index is 0.00207. The van der Waals surface area contributed by atoms with Gasteiger partial charge in [0.2, 0.25) is 5.95 Å². The Balaban J connectivity index is 1.60. The third-order valence-electron chi connectivity index (χ3n) is 6.50. The van der Waals surface area contributed by atoms with Crippen molar-refractivity contribution in [3.05, 3.63) is 67.7 Å². The van der Waals surface area contributed by atoms with Crippen molar-refractivity contribution in [3.8, 4) is 6.07 Å². The number of anilines is 2. The van der Waals surface area contributed by atoms with E-state index in [0.717, 1.165) is 38.9 Å². The number of halogens is 3. The molecule has 3 heterocycles. The molecule has 0 amide bonds. The molecule has 0 bridgehead atoms. The van der Waals surface area contributed by atoms with E-state index in [1.54, 1.807) is 19.2 Å². The van der Waals surface area contributed by atoms with Gasteiger partial charge in [0.15, 0.2) is 0 Å². The Morgan fingerprint density at radius 2 is 2.08 bits per heavy atom. The first kappa shape index (κ1) is 26.7. The SMILES string of the molecule is Cc1nc(F)ccc1[C@H](Nc1cc(Cl)c2ncc(C#N)c(NCC(C)(C)C)c2c1)C1=C(I)N(C2CC2)NN1. The highest BCUT2D eigenvalue weighted by Crippen LogP contribution is 2.40. The van der Waals surface area contributed by atoms with Crippen LogP contribution in [-0.4, -0.2) is 27.6 Å². The van der Waals surface area contributed by atoms with Gasteiger partial charge in [0, 0.05) is 41.1 Å². The fraction of sp³-hybridized carbons (Fsp3) is 0.370. The van der Waals surface area contributed by atoms with Crippen LogP contribution in [0.25, 0.3) is 10.9 Å². The van der Waals surface area contributed by atoms with Gasteiger partial charge in [-0.3, -0.25) is 9.99 Å². The second-order valence-electron chi connectivity index (χ2n) is 10.9. The molecule has 0 unspecified atom stereocenters. The normalized spacial score (nSPS) is 16.4. The summed E-state index contributed by atoms with van der Waals surface area (Å²) in [5.41, 5.74) is 11.4. The van der Waals surface area contributed by atoms with Crippen LogP contribution in [0.2, 0.25) is 5.02 Å². The molecule has 1 aliphatic heterocycles. The second-order valence-corrected chi connectivity index (χ2v) is 12.3. The number of aromatic nitrogens is 2. The number of pyridine rings is 2. The lowest BCUT2D eigenvalue weighted by atomic mass is 9.96. The number of hydrogen-bond donors (Lipinski definition) is 4. The predicted octanol–water partition coefficient (Wildman–Crippen LogP) is 6.30. The fourth-order valence-corrected chi connectivity index (χ4v) is 5.65. The third kappa shape index (κ3) is 5.46. The first-order valence-electron chi connectivity index (χ1n) is 12.4. The zero-order valence-electron chi connectivity index (χ0n) is 21.6. The van der Waals surface area contributed by atoms with Crippen molar-refractivity contribution in [2.45, 2.75) is 52.6 Å². The van der Waals surface area contributed by atoms with Gasteiger partial charge in [-0.15, -0.1) is 5.53 Å². The van der Waals surface area contributed by atoms with E-state index in [9.17, 15) is 9.65 Å². The zero-order valence-corrected chi connectivity index (χ0v) is 24.5. The van der Waals surface area contributed by atoms with Crippen LogP contribution in [0.4, 0.5) is 15.8 Å². The Bertz CT molecular complexity index is 1470. The molecule has 198 valence electrons. The van der Waals surface area contributed by atoms with Gasteiger partial charge >= 0.3 is 0 Å². The maximum Gasteiger partial charge on any atom is 0.213 e. The summed E-state index contributed by atoms with van der Waals surface area (Å²) in [6.07, 6.45) is 3.81. The Morgan fingerprint density at radius 1 is 1.32 bits per heavy atom. The Kier molecular flexibility index (Phi) is 7.28. The van der Waals surface area contributed by atoms with E-state index in [1.165, 1.54) is 6.07 Å². The van der Waals surface area contributed by atoms with Gasteiger partial charge in [-0.25, -0.2) is 4.98 Å². The summed E-state index contributed by atoms with van der Waals surface area (Å²) in [7, 11) is 0. The molecular weight excluding hydrogens is 618 g/mol. The van der Waals surface area contributed by atoms with Gasteiger partial charge in [-0.2, -0.15) is 9.65 Å². The second kappa shape index (κ2) is 10.4. The highest BCUT2D eigenvalue weighted by Gasteiger charge is 2.37. The van der Waals surface area contributed by atoms with Crippen LogP contribution in [0.15, 0.2) is 39.9 Å². The van der Waals surface area contributed by atoms with Crippen molar-refractivity contribution in [2.75, 3.05) is 17.2 Å². The lowest BCUT2D eigenvalue weighted by molar-refractivity contribution is 0.257. The van der Waals surface area contributed by atoms with Gasteiger partial charge in [0.25, 0.3) is 0 Å². The molecule has 2 aliphatic rings. The average Bonchev–Trinajstić information content (AvgIpc) is 3.62. The quantitative estimate of drug-likeness (QED) is 0.135. The van der Waals surface area contributed by atoms with E-state index in [0.29, 0.717) is 40.1 Å². The summed E-state index contributed by atoms with van der Waals surface area (Å²) < 4.78 is 15.0. The van der Waals surface area contributed by atoms with Crippen molar-refractivity contribution >= 4 is 56.5 Å². The van der Waals surface area contributed by atoms with Crippen molar-refractivity contribution in [2.24, 2.45) is 5.41 Å². The Labute approximate surface area is 240 Å². The number of fused-ring (bicyclic) bond motifs is 1. The van der Waals surface area contributed by atoms with Crippen LogP contribution < -0.4 is 21.6 Å². The van der Waals surface area contributed by atoms with E-state index < -0.39 is 5.95 Å². The fourth-order valence-electron chi connectivity index (χ4n) is 4.42. The molecule has 1 atom stereocenters. The maximum absolute atomic E-state index is 13.9. The monoisotopic (exact) mass is 646 g/mol. The smallest absolute Gasteiger partial charge is 0.213 e. The minimum atomic E-state index is -0.524. The van der Waals surface area contributed by atoms with Crippen LogP contribution in [0.5, 0.6) is 0 Å². The number of benzene rings is 1. The molecule has 0 saturated heterocycles. The van der Waals surface area contributed by atoms with Crippen molar-refractivity contribution in [3.63, 3.8) is 0 Å². The molecule has 1 fully saturated rings. The van der Waals surface area contributed by atoms with Crippen LogP contribution in [0.1, 0.15) is 56.5 Å². The maximum atomic E-state index is 13.9. The number of nitrogens with zero attached hydrogens (tertiary/aromatic N) is 4. The molecule has 4 N–H and O–H groups in total. The summed E-state index contributed by atoms with van der Waals surface area (Å²) in [5, 5.41) is 20.2. The lowest BCUT2D eigenvalue weighted by Crippen LogP contribution is -2.39. The largest absolute Gasteiger partial charge is 0.383 e. The van der Waals surface area contributed by atoms with Gasteiger partial charge in [-0.1, -0.05) is 38.4 Å². The van der Waals surface area contributed by atoms with E-state index in [-0.39, 0.29) is 11.5 Å². The first-order chi connectivity index (χ1) is 18.1. The molecule has 1 aliphatic carbocycles. The molecule has 2 aromatic heterocycles. The van der Waals surface area contributed by atoms with E-state index in [4.69, 9.17) is 11.6 Å². The summed E-state index contributed by atoms with van der Waals surface area (Å²) >= 11 is 9.07. The van der Waals surface area contributed by atoms with Crippen molar-refractivity contribution in [1.29, 1.82) is 5.26 Å². The van der Waals surface area contributed by atoms with Crippen LogP contribution in [0.3, 0.4) is 0 Å². The number of hydrazine groups is 2. The van der Waals surface area contributed by atoms with E-state index in [2.05, 4.69) is 86.0 Å². The predicted molar refractivity (Wildman–Crippen MR) is 157 cm³/mol. The molecule has 0 spiro atoms. The Hall–Kier alpha value is -2.88. The number of aryl methyl sites for hydroxylation is 1. The van der Waals surface area contributed by atoms with Gasteiger partial charge in [0.05, 0.1) is 33.5 Å². The molecule has 8 nitrogen and oxygen atoms in total. The van der Waals surface area contributed by atoms with Gasteiger partial charge < -0.3 is 16.1 Å². The lowest BCUT2D eigenvalue weighted by Gasteiger charge is -2.24. The minimum Gasteiger partial charge on any atom is -0.383 e. The van der Waals surface area contributed by atoms with Crippen LogP contribution in [0, 0.1) is 29.6 Å². The molecule has 38 heavy (non-hydrogen) atoms. The molecule has 1 saturated carbocycles. The molecule has 3 aromatic rings. The van der Waals surface area contributed by atoms with Gasteiger partial charge in [0.1, 0.15) is 9.77 Å². The van der Waals surface area contributed by atoms with Crippen molar-refractivity contribution < 1.29 is 4.39 Å². The molecular formula is C27H29ClFIN8.